The number of rotatable bonds is 3. The van der Waals surface area contributed by atoms with Gasteiger partial charge in [0.1, 0.15) is 0 Å². The number of fused-ring (bicyclic) bond motifs is 1. The van der Waals surface area contributed by atoms with Crippen LogP contribution in [-0.4, -0.2) is 38.8 Å². The molecule has 0 N–H and O–H groups in total. The summed E-state index contributed by atoms with van der Waals surface area (Å²) in [7, 11) is 0. The Morgan fingerprint density at radius 3 is 2.79 bits per heavy atom. The second-order valence-electron chi connectivity index (χ2n) is 6.83. The van der Waals surface area contributed by atoms with E-state index < -0.39 is 0 Å². The molecular formula is C18H22N4OS. The Labute approximate surface area is 146 Å². The summed E-state index contributed by atoms with van der Waals surface area (Å²) in [6.45, 7) is 1.86. The summed E-state index contributed by atoms with van der Waals surface area (Å²) in [6, 6.07) is 1.79. The van der Waals surface area contributed by atoms with Gasteiger partial charge in [0.25, 0.3) is 0 Å². The van der Waals surface area contributed by atoms with Gasteiger partial charge in [0.05, 0.1) is 12.1 Å². The first kappa shape index (κ1) is 15.7. The molecule has 126 valence electrons. The van der Waals surface area contributed by atoms with Crippen molar-refractivity contribution in [2.24, 2.45) is 11.8 Å². The quantitative estimate of drug-likeness (QED) is 0.859. The maximum Gasteiger partial charge on any atom is 0.228 e. The summed E-state index contributed by atoms with van der Waals surface area (Å²) in [4.78, 5) is 27.7. The van der Waals surface area contributed by atoms with Gasteiger partial charge in [-0.2, -0.15) is 0 Å². The molecule has 0 unspecified atom stereocenters. The molecule has 4 rings (SSSR count). The fraction of sp³-hybridized carbons (Fsp3) is 0.556. The van der Waals surface area contributed by atoms with Crippen LogP contribution >= 0.6 is 11.3 Å². The van der Waals surface area contributed by atoms with E-state index in [2.05, 4.69) is 19.9 Å². The van der Waals surface area contributed by atoms with Gasteiger partial charge < -0.3 is 4.90 Å². The molecule has 0 radical (unpaired) electrons. The van der Waals surface area contributed by atoms with E-state index in [1.165, 1.54) is 43.4 Å². The third kappa shape index (κ3) is 3.34. The van der Waals surface area contributed by atoms with Crippen molar-refractivity contribution in [2.45, 2.75) is 38.5 Å². The number of carbonyl (C=O) groups is 1. The second kappa shape index (κ2) is 6.97. The fourth-order valence-electron chi connectivity index (χ4n) is 3.99. The SMILES string of the molecule is O=C(Cc1csc(-c2ncccn2)n1)N1CC[C@H]2CCCC[C@@H]2C1. The molecule has 1 saturated carbocycles. The molecule has 2 aliphatic rings. The predicted octanol–water partition coefficient (Wildman–Crippen LogP) is 3.18. The van der Waals surface area contributed by atoms with Crippen molar-refractivity contribution >= 4 is 17.2 Å². The summed E-state index contributed by atoms with van der Waals surface area (Å²) in [5.41, 5.74) is 0.832. The van der Waals surface area contributed by atoms with Crippen molar-refractivity contribution < 1.29 is 4.79 Å². The molecule has 6 heteroatoms. The highest BCUT2D eigenvalue weighted by Gasteiger charge is 2.32. The number of amides is 1. The molecule has 0 aromatic carbocycles. The van der Waals surface area contributed by atoms with Crippen molar-refractivity contribution in [3.8, 4) is 10.8 Å². The second-order valence-corrected chi connectivity index (χ2v) is 7.68. The molecule has 0 bridgehead atoms. The number of likely N-dealkylation sites (tertiary alicyclic amines) is 1. The number of carbonyl (C=O) groups excluding carboxylic acids is 1. The van der Waals surface area contributed by atoms with Gasteiger partial charge in [0.15, 0.2) is 10.8 Å². The lowest BCUT2D eigenvalue weighted by molar-refractivity contribution is -0.133. The molecule has 3 heterocycles. The van der Waals surface area contributed by atoms with Crippen LogP contribution in [0.1, 0.15) is 37.8 Å². The van der Waals surface area contributed by atoms with Gasteiger partial charge >= 0.3 is 0 Å². The Balaban J connectivity index is 1.39. The molecule has 1 amide bonds. The molecule has 5 nitrogen and oxygen atoms in total. The standard InChI is InChI=1S/C18H22N4OS/c23-16(22-9-6-13-4-1-2-5-14(13)11-22)10-15-12-24-18(21-15)17-19-7-3-8-20-17/h3,7-8,12-14H,1-2,4-6,9-11H2/t13-,14-/m1/s1. The van der Waals surface area contributed by atoms with Crippen LogP contribution in [0.3, 0.4) is 0 Å². The van der Waals surface area contributed by atoms with Gasteiger partial charge in [0, 0.05) is 30.9 Å². The lowest BCUT2D eigenvalue weighted by Crippen LogP contribution is -2.45. The van der Waals surface area contributed by atoms with Gasteiger partial charge in [-0.25, -0.2) is 15.0 Å². The molecule has 1 aliphatic carbocycles. The molecule has 2 fully saturated rings. The number of piperidine rings is 1. The molecule has 2 atom stereocenters. The first-order valence-electron chi connectivity index (χ1n) is 8.79. The van der Waals surface area contributed by atoms with Crippen LogP contribution in [0, 0.1) is 11.8 Å². The van der Waals surface area contributed by atoms with Crippen LogP contribution in [0.5, 0.6) is 0 Å². The average Bonchev–Trinajstić information content (AvgIpc) is 3.10. The topological polar surface area (TPSA) is 59.0 Å². The van der Waals surface area contributed by atoms with Crippen LogP contribution in [0.25, 0.3) is 10.8 Å². The van der Waals surface area contributed by atoms with Gasteiger partial charge in [0.2, 0.25) is 5.91 Å². The average molecular weight is 342 g/mol. The van der Waals surface area contributed by atoms with Gasteiger partial charge in [-0.15, -0.1) is 11.3 Å². The zero-order chi connectivity index (χ0) is 16.4. The fourth-order valence-corrected chi connectivity index (χ4v) is 4.76. The van der Waals surface area contributed by atoms with Crippen molar-refractivity contribution in [1.29, 1.82) is 0 Å². The van der Waals surface area contributed by atoms with Gasteiger partial charge in [-0.1, -0.05) is 19.3 Å². The Morgan fingerprint density at radius 2 is 1.96 bits per heavy atom. The third-order valence-corrected chi connectivity index (χ3v) is 6.17. The Bertz CT molecular complexity index is 702. The number of nitrogens with zero attached hydrogens (tertiary/aromatic N) is 4. The smallest absolute Gasteiger partial charge is 0.228 e. The highest BCUT2D eigenvalue weighted by atomic mass is 32.1. The minimum absolute atomic E-state index is 0.213. The van der Waals surface area contributed by atoms with Crippen LogP contribution in [0.4, 0.5) is 0 Å². The lowest BCUT2D eigenvalue weighted by Gasteiger charge is -2.41. The summed E-state index contributed by atoms with van der Waals surface area (Å²) in [5.74, 6) is 2.41. The van der Waals surface area contributed by atoms with Crippen molar-refractivity contribution in [2.75, 3.05) is 13.1 Å². The van der Waals surface area contributed by atoms with E-state index in [1.54, 1.807) is 18.5 Å². The Hall–Kier alpha value is -1.82. The summed E-state index contributed by atoms with van der Waals surface area (Å²) >= 11 is 1.50. The van der Waals surface area contributed by atoms with Crippen LogP contribution in [-0.2, 0) is 11.2 Å². The highest BCUT2D eigenvalue weighted by Crippen LogP contribution is 2.36. The lowest BCUT2D eigenvalue weighted by atomic mass is 9.75. The van der Waals surface area contributed by atoms with Crippen molar-refractivity contribution in [3.05, 3.63) is 29.5 Å². The summed E-state index contributed by atoms with van der Waals surface area (Å²) < 4.78 is 0. The Kier molecular flexibility index (Phi) is 4.56. The van der Waals surface area contributed by atoms with Crippen molar-refractivity contribution in [1.82, 2.24) is 19.9 Å². The number of hydrogen-bond acceptors (Lipinski definition) is 5. The zero-order valence-corrected chi connectivity index (χ0v) is 14.5. The minimum Gasteiger partial charge on any atom is -0.342 e. The van der Waals surface area contributed by atoms with Gasteiger partial charge in [-0.3, -0.25) is 4.79 Å². The van der Waals surface area contributed by atoms with E-state index in [9.17, 15) is 4.79 Å². The summed E-state index contributed by atoms with van der Waals surface area (Å²) in [6.07, 6.45) is 10.3. The molecule has 2 aromatic rings. The maximum atomic E-state index is 12.6. The minimum atomic E-state index is 0.213. The highest BCUT2D eigenvalue weighted by molar-refractivity contribution is 7.13. The molecular weight excluding hydrogens is 320 g/mol. The number of aromatic nitrogens is 3. The normalized spacial score (nSPS) is 23.8. The summed E-state index contributed by atoms with van der Waals surface area (Å²) in [5, 5.41) is 2.74. The van der Waals surface area contributed by atoms with Crippen molar-refractivity contribution in [3.63, 3.8) is 0 Å². The van der Waals surface area contributed by atoms with Gasteiger partial charge in [-0.05, 0) is 30.7 Å². The molecule has 1 aliphatic heterocycles. The van der Waals surface area contributed by atoms with E-state index >= 15 is 0 Å². The largest absolute Gasteiger partial charge is 0.342 e. The van der Waals surface area contributed by atoms with Crippen LogP contribution < -0.4 is 0 Å². The van der Waals surface area contributed by atoms with E-state index in [0.717, 1.165) is 35.6 Å². The molecule has 0 spiro atoms. The number of hydrogen-bond donors (Lipinski definition) is 0. The van der Waals surface area contributed by atoms with E-state index in [-0.39, 0.29) is 5.91 Å². The van der Waals surface area contributed by atoms with Crippen LogP contribution in [0.2, 0.25) is 0 Å². The molecule has 1 saturated heterocycles. The van der Waals surface area contributed by atoms with E-state index in [0.29, 0.717) is 12.2 Å². The zero-order valence-electron chi connectivity index (χ0n) is 13.7. The maximum absolute atomic E-state index is 12.6. The number of thiazole rings is 1. The van der Waals surface area contributed by atoms with E-state index in [1.807, 2.05) is 5.38 Å². The first-order chi connectivity index (χ1) is 11.8. The van der Waals surface area contributed by atoms with Crippen LogP contribution in [0.15, 0.2) is 23.8 Å². The molecule has 24 heavy (non-hydrogen) atoms. The molecule has 2 aromatic heterocycles. The van der Waals surface area contributed by atoms with E-state index in [4.69, 9.17) is 0 Å². The first-order valence-corrected chi connectivity index (χ1v) is 9.67. The third-order valence-electron chi connectivity index (χ3n) is 5.29. The Morgan fingerprint density at radius 1 is 1.17 bits per heavy atom. The monoisotopic (exact) mass is 342 g/mol. The predicted molar refractivity (Wildman–Crippen MR) is 93.5 cm³/mol.